The summed E-state index contributed by atoms with van der Waals surface area (Å²) in [5.74, 6) is 1.37. The van der Waals surface area contributed by atoms with Gasteiger partial charge < -0.3 is 10.3 Å². The van der Waals surface area contributed by atoms with Crippen LogP contribution in [0.4, 0.5) is 5.82 Å². The topological polar surface area (TPSA) is 56.7 Å². The van der Waals surface area contributed by atoms with Gasteiger partial charge in [-0.15, -0.1) is 0 Å². The van der Waals surface area contributed by atoms with Gasteiger partial charge in [0, 0.05) is 17.0 Å². The largest absolute Gasteiger partial charge is 0.383 e. The zero-order chi connectivity index (χ0) is 14.4. The van der Waals surface area contributed by atoms with E-state index in [1.807, 2.05) is 18.7 Å². The second kappa shape index (κ2) is 4.95. The molecule has 2 aromatic heterocycles. The highest BCUT2D eigenvalue weighted by molar-refractivity contribution is 7.99. The van der Waals surface area contributed by atoms with Crippen LogP contribution in [0.25, 0.3) is 11.0 Å². The van der Waals surface area contributed by atoms with Crippen LogP contribution in [0.3, 0.4) is 0 Å². The van der Waals surface area contributed by atoms with E-state index < -0.39 is 0 Å². The number of hydrogen-bond donors (Lipinski definition) is 1. The number of fused-ring (bicyclic) bond motifs is 1. The molecule has 1 aliphatic carbocycles. The van der Waals surface area contributed by atoms with E-state index in [1.54, 1.807) is 0 Å². The monoisotopic (exact) mass is 290 g/mol. The normalized spacial score (nSPS) is 22.8. The molecule has 3 rings (SSSR count). The molecule has 1 fully saturated rings. The van der Waals surface area contributed by atoms with Crippen molar-refractivity contribution in [2.45, 2.75) is 51.3 Å². The minimum atomic E-state index is 0.553. The molecular formula is C15H22N4S. The molecule has 0 radical (unpaired) electrons. The van der Waals surface area contributed by atoms with Crippen LogP contribution in [0.15, 0.2) is 0 Å². The van der Waals surface area contributed by atoms with Crippen LogP contribution in [0.2, 0.25) is 0 Å². The molecule has 0 spiro atoms. The van der Waals surface area contributed by atoms with E-state index in [0.29, 0.717) is 11.9 Å². The van der Waals surface area contributed by atoms with Crippen molar-refractivity contribution in [2.75, 3.05) is 12.0 Å². The van der Waals surface area contributed by atoms with E-state index in [2.05, 4.69) is 34.6 Å². The van der Waals surface area contributed by atoms with Crippen LogP contribution >= 0.6 is 11.8 Å². The van der Waals surface area contributed by atoms with Gasteiger partial charge in [0.2, 0.25) is 0 Å². The second-order valence-corrected chi connectivity index (χ2v) is 6.90. The maximum Gasteiger partial charge on any atom is 0.146 e. The molecule has 2 heterocycles. The SMILES string of the molecule is CSC1CCC(n2c(C)c(C)c3c(N)nc(C)nc32)C1. The third-order valence-corrected chi connectivity index (χ3v) is 5.69. The average molecular weight is 290 g/mol. The molecule has 2 unspecified atom stereocenters. The van der Waals surface area contributed by atoms with Crippen molar-refractivity contribution < 1.29 is 0 Å². The number of aromatic nitrogens is 3. The lowest BCUT2D eigenvalue weighted by Gasteiger charge is -2.16. The Hall–Kier alpha value is -1.23. The highest BCUT2D eigenvalue weighted by Crippen LogP contribution is 2.40. The van der Waals surface area contributed by atoms with E-state index in [4.69, 9.17) is 5.73 Å². The van der Waals surface area contributed by atoms with E-state index in [0.717, 1.165) is 22.1 Å². The number of nitrogen functional groups attached to an aromatic ring is 1. The van der Waals surface area contributed by atoms with Crippen LogP contribution in [-0.2, 0) is 0 Å². The fourth-order valence-corrected chi connectivity index (χ4v) is 4.23. The summed E-state index contributed by atoms with van der Waals surface area (Å²) in [6.45, 7) is 6.22. The van der Waals surface area contributed by atoms with Crippen LogP contribution < -0.4 is 5.73 Å². The molecule has 108 valence electrons. The molecule has 4 nitrogen and oxygen atoms in total. The van der Waals surface area contributed by atoms with Gasteiger partial charge in [-0.2, -0.15) is 11.8 Å². The molecule has 5 heteroatoms. The molecule has 0 aromatic carbocycles. The number of rotatable bonds is 2. The average Bonchev–Trinajstić information content (AvgIpc) is 2.94. The lowest BCUT2D eigenvalue weighted by atomic mass is 10.2. The summed E-state index contributed by atoms with van der Waals surface area (Å²) in [4.78, 5) is 9.00. The van der Waals surface area contributed by atoms with Crippen LogP contribution in [0.1, 0.15) is 42.4 Å². The first-order valence-electron chi connectivity index (χ1n) is 7.17. The van der Waals surface area contributed by atoms with Gasteiger partial charge in [0.15, 0.2) is 0 Å². The smallest absolute Gasteiger partial charge is 0.146 e. The van der Waals surface area contributed by atoms with Crippen molar-refractivity contribution in [1.82, 2.24) is 14.5 Å². The van der Waals surface area contributed by atoms with Crippen molar-refractivity contribution in [1.29, 1.82) is 0 Å². The minimum Gasteiger partial charge on any atom is -0.383 e. The second-order valence-electron chi connectivity index (χ2n) is 5.76. The summed E-state index contributed by atoms with van der Waals surface area (Å²) in [6, 6.07) is 0.553. The first kappa shape index (κ1) is 13.7. The van der Waals surface area contributed by atoms with Gasteiger partial charge >= 0.3 is 0 Å². The van der Waals surface area contributed by atoms with Crippen LogP contribution in [0, 0.1) is 20.8 Å². The minimum absolute atomic E-state index is 0.553. The number of nitrogens with two attached hydrogens (primary N) is 1. The van der Waals surface area contributed by atoms with Gasteiger partial charge in [-0.05, 0) is 51.9 Å². The first-order chi connectivity index (χ1) is 9.52. The Morgan fingerprint density at radius 3 is 2.60 bits per heavy atom. The predicted octanol–water partition coefficient (Wildman–Crippen LogP) is 3.40. The molecule has 0 aliphatic heterocycles. The summed E-state index contributed by atoms with van der Waals surface area (Å²) < 4.78 is 2.41. The first-order valence-corrected chi connectivity index (χ1v) is 8.45. The molecule has 2 atom stereocenters. The third kappa shape index (κ3) is 1.99. The standard InChI is InChI=1S/C15H22N4S/c1-8-9(2)19(11-5-6-12(7-11)20-4)15-13(8)14(16)17-10(3)18-15/h11-12H,5-7H2,1-4H3,(H2,16,17,18). The summed E-state index contributed by atoms with van der Waals surface area (Å²) in [7, 11) is 0. The number of thioether (sulfide) groups is 1. The van der Waals surface area contributed by atoms with Crippen molar-refractivity contribution in [3.63, 3.8) is 0 Å². The fraction of sp³-hybridized carbons (Fsp3) is 0.600. The number of hydrogen-bond acceptors (Lipinski definition) is 4. The molecule has 2 aromatic rings. The van der Waals surface area contributed by atoms with Crippen molar-refractivity contribution >= 4 is 28.6 Å². The maximum atomic E-state index is 6.12. The van der Waals surface area contributed by atoms with Crippen molar-refractivity contribution in [3.05, 3.63) is 17.1 Å². The van der Waals surface area contributed by atoms with Crippen molar-refractivity contribution in [3.8, 4) is 0 Å². The highest BCUT2D eigenvalue weighted by Gasteiger charge is 2.29. The summed E-state index contributed by atoms with van der Waals surface area (Å²) in [5, 5.41) is 1.82. The van der Waals surface area contributed by atoms with Gasteiger partial charge in [0.1, 0.15) is 17.3 Å². The van der Waals surface area contributed by atoms with E-state index in [1.165, 1.54) is 30.5 Å². The lowest BCUT2D eigenvalue weighted by Crippen LogP contribution is -2.09. The Morgan fingerprint density at radius 1 is 1.20 bits per heavy atom. The van der Waals surface area contributed by atoms with E-state index >= 15 is 0 Å². The molecular weight excluding hydrogens is 268 g/mol. The molecule has 0 bridgehead atoms. The Kier molecular flexibility index (Phi) is 3.40. The molecule has 20 heavy (non-hydrogen) atoms. The molecule has 0 amide bonds. The van der Waals surface area contributed by atoms with E-state index in [9.17, 15) is 0 Å². The zero-order valence-corrected chi connectivity index (χ0v) is 13.4. The number of aryl methyl sites for hydroxylation is 2. The summed E-state index contributed by atoms with van der Waals surface area (Å²) >= 11 is 1.98. The predicted molar refractivity (Wildman–Crippen MR) is 86.3 cm³/mol. The van der Waals surface area contributed by atoms with Gasteiger partial charge in [-0.25, -0.2) is 9.97 Å². The van der Waals surface area contributed by atoms with Crippen LogP contribution in [-0.4, -0.2) is 26.0 Å². The lowest BCUT2D eigenvalue weighted by molar-refractivity contribution is 0.521. The van der Waals surface area contributed by atoms with Gasteiger partial charge in [0.25, 0.3) is 0 Å². The molecule has 0 saturated heterocycles. The van der Waals surface area contributed by atoms with Crippen LogP contribution in [0.5, 0.6) is 0 Å². The number of anilines is 1. The summed E-state index contributed by atoms with van der Waals surface area (Å²) in [5.41, 5.74) is 9.67. The fourth-order valence-electron chi connectivity index (χ4n) is 3.45. The zero-order valence-electron chi connectivity index (χ0n) is 12.6. The number of nitrogens with zero attached hydrogens (tertiary/aromatic N) is 3. The highest BCUT2D eigenvalue weighted by atomic mass is 32.2. The Labute approximate surface area is 124 Å². The van der Waals surface area contributed by atoms with Gasteiger partial charge in [-0.3, -0.25) is 0 Å². The van der Waals surface area contributed by atoms with Crippen molar-refractivity contribution in [2.24, 2.45) is 0 Å². The van der Waals surface area contributed by atoms with Gasteiger partial charge in [0.05, 0.1) is 5.39 Å². The Bertz CT molecular complexity index is 662. The summed E-state index contributed by atoms with van der Waals surface area (Å²) in [6.07, 6.45) is 5.97. The van der Waals surface area contributed by atoms with Gasteiger partial charge in [-0.1, -0.05) is 0 Å². The van der Waals surface area contributed by atoms with E-state index in [-0.39, 0.29) is 0 Å². The molecule has 2 N–H and O–H groups in total. The third-order valence-electron chi connectivity index (χ3n) is 4.59. The molecule has 1 aliphatic rings. The quantitative estimate of drug-likeness (QED) is 0.921. The molecule has 1 saturated carbocycles. The Balaban J connectivity index is 2.18. The maximum absolute atomic E-state index is 6.12. The Morgan fingerprint density at radius 2 is 1.95 bits per heavy atom.